The Labute approximate surface area is 116 Å². The number of nitrogens with two attached hydrogens (primary N) is 1. The average molecular weight is 277 g/mol. The van der Waals surface area contributed by atoms with E-state index in [1.165, 1.54) is 6.07 Å². The van der Waals surface area contributed by atoms with Crippen LogP contribution in [0.15, 0.2) is 24.3 Å². The lowest BCUT2D eigenvalue weighted by molar-refractivity contribution is 0.0521. The minimum atomic E-state index is -0.569. The van der Waals surface area contributed by atoms with Crippen LogP contribution in [0.1, 0.15) is 28.8 Å². The molecule has 1 heterocycles. The summed E-state index contributed by atoms with van der Waals surface area (Å²) in [7, 11) is 0. The highest BCUT2D eigenvalue weighted by Crippen LogP contribution is 2.18. The first-order chi connectivity index (χ1) is 9.54. The largest absolute Gasteiger partial charge is 0.461 e. The summed E-state index contributed by atoms with van der Waals surface area (Å²) in [5.41, 5.74) is 6.46. The average Bonchev–Trinajstić information content (AvgIpc) is 2.69. The number of hydrogen-bond acceptors (Lipinski definition) is 4. The number of carbonyl (C=O) groups is 1. The lowest BCUT2D eigenvalue weighted by Crippen LogP contribution is -2.11. The van der Waals surface area contributed by atoms with Crippen LogP contribution in [0.2, 0.25) is 0 Å². The molecule has 6 heteroatoms. The molecule has 0 amide bonds. The number of aryl methyl sites for hydroxylation is 1. The Morgan fingerprint density at radius 3 is 2.80 bits per heavy atom. The van der Waals surface area contributed by atoms with Crippen LogP contribution in [0, 0.1) is 12.7 Å². The van der Waals surface area contributed by atoms with Crippen LogP contribution < -0.4 is 5.73 Å². The summed E-state index contributed by atoms with van der Waals surface area (Å²) in [4.78, 5) is 15.8. The van der Waals surface area contributed by atoms with Crippen molar-refractivity contribution in [1.29, 1.82) is 0 Å². The van der Waals surface area contributed by atoms with Gasteiger partial charge < -0.3 is 15.0 Å². The predicted molar refractivity (Wildman–Crippen MR) is 72.8 cm³/mol. The first-order valence-electron chi connectivity index (χ1n) is 6.27. The standard InChI is InChI=1S/C14H16FN3O2/c1-3-20-14(19)12-13(16)18(9(2)17-12)8-10-6-4-5-7-11(10)15/h4-7H,3,8,16H2,1-2H3. The van der Waals surface area contributed by atoms with Gasteiger partial charge in [-0.15, -0.1) is 0 Å². The fourth-order valence-electron chi connectivity index (χ4n) is 1.93. The molecule has 0 aliphatic rings. The molecule has 0 fully saturated rings. The third-order valence-electron chi connectivity index (χ3n) is 2.95. The number of hydrogen-bond donors (Lipinski definition) is 1. The molecular formula is C14H16FN3O2. The molecule has 0 spiro atoms. The van der Waals surface area contributed by atoms with E-state index < -0.39 is 5.97 Å². The van der Waals surface area contributed by atoms with E-state index in [1.807, 2.05) is 0 Å². The molecular weight excluding hydrogens is 261 g/mol. The van der Waals surface area contributed by atoms with Crippen molar-refractivity contribution in [1.82, 2.24) is 9.55 Å². The van der Waals surface area contributed by atoms with Crippen molar-refractivity contribution < 1.29 is 13.9 Å². The molecule has 1 aromatic heterocycles. The summed E-state index contributed by atoms with van der Waals surface area (Å²) in [6, 6.07) is 6.41. The quantitative estimate of drug-likeness (QED) is 0.869. The molecule has 5 nitrogen and oxygen atoms in total. The van der Waals surface area contributed by atoms with Crippen LogP contribution in [-0.2, 0) is 11.3 Å². The molecule has 1 aromatic carbocycles. The van der Waals surface area contributed by atoms with Crippen LogP contribution >= 0.6 is 0 Å². The number of benzene rings is 1. The van der Waals surface area contributed by atoms with Gasteiger partial charge in [0.2, 0.25) is 0 Å². The van der Waals surface area contributed by atoms with E-state index in [9.17, 15) is 9.18 Å². The molecule has 0 unspecified atom stereocenters. The van der Waals surface area contributed by atoms with E-state index in [0.717, 1.165) is 0 Å². The third kappa shape index (κ3) is 2.64. The molecule has 0 radical (unpaired) electrons. The van der Waals surface area contributed by atoms with E-state index in [0.29, 0.717) is 11.4 Å². The van der Waals surface area contributed by atoms with E-state index in [-0.39, 0.29) is 30.5 Å². The summed E-state index contributed by atoms with van der Waals surface area (Å²) >= 11 is 0. The smallest absolute Gasteiger partial charge is 0.360 e. The highest BCUT2D eigenvalue weighted by molar-refractivity contribution is 5.92. The van der Waals surface area contributed by atoms with E-state index in [4.69, 9.17) is 10.5 Å². The number of rotatable bonds is 4. The van der Waals surface area contributed by atoms with Gasteiger partial charge in [-0.1, -0.05) is 18.2 Å². The summed E-state index contributed by atoms with van der Waals surface area (Å²) < 4.78 is 20.1. The Bertz CT molecular complexity index is 637. The summed E-state index contributed by atoms with van der Waals surface area (Å²) in [5.74, 6) is -0.170. The second kappa shape index (κ2) is 5.73. The predicted octanol–water partition coefficient (Wildman–Crippen LogP) is 2.14. The monoisotopic (exact) mass is 277 g/mol. The number of aromatic nitrogens is 2. The zero-order valence-electron chi connectivity index (χ0n) is 11.4. The number of imidazole rings is 1. The Balaban J connectivity index is 2.34. The van der Waals surface area contributed by atoms with Crippen molar-refractivity contribution in [3.8, 4) is 0 Å². The van der Waals surface area contributed by atoms with Crippen molar-refractivity contribution in [2.24, 2.45) is 0 Å². The Morgan fingerprint density at radius 1 is 1.45 bits per heavy atom. The number of anilines is 1. The molecule has 0 aliphatic carbocycles. The fourth-order valence-corrected chi connectivity index (χ4v) is 1.93. The number of nitrogens with zero attached hydrogens (tertiary/aromatic N) is 2. The topological polar surface area (TPSA) is 70.1 Å². The normalized spacial score (nSPS) is 10.6. The molecule has 2 aromatic rings. The molecule has 0 saturated carbocycles. The molecule has 20 heavy (non-hydrogen) atoms. The molecule has 106 valence electrons. The van der Waals surface area contributed by atoms with Gasteiger partial charge in [0.05, 0.1) is 13.2 Å². The number of halogens is 1. The minimum absolute atomic E-state index is 0.0701. The van der Waals surface area contributed by atoms with Crippen molar-refractivity contribution in [2.75, 3.05) is 12.3 Å². The molecule has 0 bridgehead atoms. The van der Waals surface area contributed by atoms with Crippen molar-refractivity contribution in [3.63, 3.8) is 0 Å². The summed E-state index contributed by atoms with van der Waals surface area (Å²) in [6.07, 6.45) is 0. The number of carbonyl (C=O) groups excluding carboxylic acids is 1. The highest BCUT2D eigenvalue weighted by atomic mass is 19.1. The molecule has 0 saturated heterocycles. The van der Waals surface area contributed by atoms with Gasteiger partial charge in [0.1, 0.15) is 17.5 Å². The Morgan fingerprint density at radius 2 is 2.15 bits per heavy atom. The zero-order valence-corrected chi connectivity index (χ0v) is 11.4. The van der Waals surface area contributed by atoms with Crippen LogP contribution in [-0.4, -0.2) is 22.1 Å². The molecule has 2 rings (SSSR count). The Kier molecular flexibility index (Phi) is 4.02. The van der Waals surface area contributed by atoms with Gasteiger partial charge in [-0.25, -0.2) is 14.2 Å². The number of ether oxygens (including phenoxy) is 1. The Hall–Kier alpha value is -2.37. The number of esters is 1. The van der Waals surface area contributed by atoms with Gasteiger partial charge in [0, 0.05) is 5.56 Å². The van der Waals surface area contributed by atoms with Gasteiger partial charge in [0.15, 0.2) is 5.69 Å². The molecule has 0 atom stereocenters. The van der Waals surface area contributed by atoms with Gasteiger partial charge in [-0.3, -0.25) is 0 Å². The maximum Gasteiger partial charge on any atom is 0.360 e. The fraction of sp³-hybridized carbons (Fsp3) is 0.286. The lowest BCUT2D eigenvalue weighted by Gasteiger charge is -2.08. The van der Waals surface area contributed by atoms with E-state index >= 15 is 0 Å². The van der Waals surface area contributed by atoms with Crippen molar-refractivity contribution >= 4 is 11.8 Å². The summed E-state index contributed by atoms with van der Waals surface area (Å²) in [5, 5.41) is 0. The van der Waals surface area contributed by atoms with Crippen LogP contribution in [0.5, 0.6) is 0 Å². The maximum atomic E-state index is 13.7. The molecule has 0 aliphatic heterocycles. The SMILES string of the molecule is CCOC(=O)c1nc(C)n(Cc2ccccc2F)c1N. The van der Waals surface area contributed by atoms with Crippen molar-refractivity contribution in [3.05, 3.63) is 47.2 Å². The minimum Gasteiger partial charge on any atom is -0.461 e. The van der Waals surface area contributed by atoms with E-state index in [1.54, 1.807) is 36.6 Å². The van der Waals surface area contributed by atoms with E-state index in [2.05, 4.69) is 4.98 Å². The first kappa shape index (κ1) is 14.0. The van der Waals surface area contributed by atoms with Gasteiger partial charge in [0.25, 0.3) is 0 Å². The number of nitrogen functional groups attached to an aromatic ring is 1. The van der Waals surface area contributed by atoms with Gasteiger partial charge in [-0.05, 0) is 19.9 Å². The second-order valence-electron chi connectivity index (χ2n) is 4.29. The second-order valence-corrected chi connectivity index (χ2v) is 4.29. The highest BCUT2D eigenvalue weighted by Gasteiger charge is 2.20. The zero-order chi connectivity index (χ0) is 14.7. The lowest BCUT2D eigenvalue weighted by atomic mass is 10.2. The first-order valence-corrected chi connectivity index (χ1v) is 6.27. The van der Waals surface area contributed by atoms with Gasteiger partial charge in [-0.2, -0.15) is 0 Å². The molecule has 2 N–H and O–H groups in total. The third-order valence-corrected chi connectivity index (χ3v) is 2.95. The van der Waals surface area contributed by atoms with Crippen LogP contribution in [0.3, 0.4) is 0 Å². The summed E-state index contributed by atoms with van der Waals surface area (Å²) in [6.45, 7) is 3.88. The van der Waals surface area contributed by atoms with Crippen LogP contribution in [0.4, 0.5) is 10.2 Å². The van der Waals surface area contributed by atoms with Gasteiger partial charge >= 0.3 is 5.97 Å². The maximum absolute atomic E-state index is 13.7. The van der Waals surface area contributed by atoms with Crippen molar-refractivity contribution in [2.45, 2.75) is 20.4 Å². The van der Waals surface area contributed by atoms with Crippen LogP contribution in [0.25, 0.3) is 0 Å².